The molecular weight excluding hydrogens is 426 g/mol. The lowest BCUT2D eigenvalue weighted by atomic mass is 10.0. The van der Waals surface area contributed by atoms with Gasteiger partial charge in [0, 0.05) is 6.42 Å². The van der Waals surface area contributed by atoms with Gasteiger partial charge in [-0.15, -0.1) is 0 Å². The van der Waals surface area contributed by atoms with E-state index in [2.05, 4.69) is 21.0 Å². The van der Waals surface area contributed by atoms with Crippen molar-refractivity contribution >= 4 is 11.9 Å². The maximum atomic E-state index is 12.0. The van der Waals surface area contributed by atoms with E-state index in [1.807, 2.05) is 18.2 Å². The van der Waals surface area contributed by atoms with Crippen LogP contribution in [0.25, 0.3) is 0 Å². The lowest BCUT2D eigenvalue weighted by Crippen LogP contribution is -2.45. The Hall–Kier alpha value is -1.88. The number of nitrogens with zero attached hydrogens (tertiary/aromatic N) is 1. The average molecular weight is 477 g/mol. The van der Waals surface area contributed by atoms with Gasteiger partial charge < -0.3 is 14.0 Å². The smallest absolute Gasteiger partial charge is 0.338 e. The fraction of sp³-hybridized carbons (Fsp3) is 0.724. The predicted molar refractivity (Wildman–Crippen MR) is 140 cm³/mol. The fourth-order valence-electron chi connectivity index (χ4n) is 3.92. The van der Waals surface area contributed by atoms with Crippen molar-refractivity contribution in [1.82, 2.24) is 0 Å². The molecule has 0 heterocycles. The quantitative estimate of drug-likeness (QED) is 0.109. The molecule has 0 unspecified atom stereocenters. The van der Waals surface area contributed by atoms with Crippen molar-refractivity contribution in [2.24, 2.45) is 0 Å². The Kier molecular flexibility index (Phi) is 17.2. The van der Waals surface area contributed by atoms with Gasteiger partial charge in [0.2, 0.25) is 0 Å². The maximum absolute atomic E-state index is 12.0. The second-order valence-electron chi connectivity index (χ2n) is 10.1. The Morgan fingerprint density at radius 3 is 1.68 bits per heavy atom. The Balaban J connectivity index is 1.94. The molecule has 194 valence electrons. The van der Waals surface area contributed by atoms with Crippen LogP contribution in [0.15, 0.2) is 30.3 Å². The number of esters is 2. The number of hydrogen-bond donors (Lipinski definition) is 0. The Labute approximate surface area is 208 Å². The molecule has 0 bridgehead atoms. The van der Waals surface area contributed by atoms with E-state index in [1.54, 1.807) is 12.1 Å². The molecule has 0 saturated carbocycles. The summed E-state index contributed by atoms with van der Waals surface area (Å²) in [5.41, 5.74) is 0.565. The molecule has 0 amide bonds. The van der Waals surface area contributed by atoms with Gasteiger partial charge in [-0.25, -0.2) is 4.79 Å². The minimum atomic E-state index is -0.301. The number of unbranched alkanes of at least 4 members (excludes halogenated alkanes) is 12. The first-order chi connectivity index (χ1) is 16.4. The molecule has 0 N–H and O–H groups in total. The van der Waals surface area contributed by atoms with E-state index in [0.29, 0.717) is 42.8 Å². The highest BCUT2D eigenvalue weighted by Crippen LogP contribution is 2.13. The molecule has 0 spiro atoms. The second kappa shape index (κ2) is 19.4. The average Bonchev–Trinajstić information content (AvgIpc) is 2.82. The maximum Gasteiger partial charge on any atom is 0.338 e. The highest BCUT2D eigenvalue weighted by Gasteiger charge is 2.17. The predicted octanol–water partition coefficient (Wildman–Crippen LogP) is 6.94. The molecule has 5 heteroatoms. The van der Waals surface area contributed by atoms with Gasteiger partial charge in [0.25, 0.3) is 0 Å². The zero-order valence-corrected chi connectivity index (χ0v) is 22.2. The van der Waals surface area contributed by atoms with Gasteiger partial charge in [-0.1, -0.05) is 102 Å². The minimum Gasteiger partial charge on any atom is -0.460 e. The van der Waals surface area contributed by atoms with Crippen molar-refractivity contribution < 1.29 is 23.5 Å². The number of carbonyl (C=O) groups is 2. The fourth-order valence-corrected chi connectivity index (χ4v) is 3.92. The number of rotatable bonds is 21. The number of hydrogen-bond acceptors (Lipinski definition) is 4. The standard InChI is InChI=1S/C29H50NO4/c1-4-5-6-7-8-9-10-11-12-13-14-15-19-22-28(31)33-25-23-30(2,3)24-26-34-29(32)27-20-17-16-18-21-27/h16-18,20-21H,4-15,19,22-26H2,1-3H3/q+1. The van der Waals surface area contributed by atoms with Crippen LogP contribution in [0, 0.1) is 0 Å². The van der Waals surface area contributed by atoms with Crippen LogP contribution in [0.4, 0.5) is 0 Å². The summed E-state index contributed by atoms with van der Waals surface area (Å²) in [7, 11) is 4.10. The molecule has 0 saturated heterocycles. The summed E-state index contributed by atoms with van der Waals surface area (Å²) in [6.45, 7) is 4.38. The number of benzene rings is 1. The van der Waals surface area contributed by atoms with Crippen molar-refractivity contribution in [2.45, 2.75) is 96.8 Å². The molecule has 0 aromatic heterocycles. The normalized spacial score (nSPS) is 11.4. The van der Waals surface area contributed by atoms with Crippen molar-refractivity contribution in [1.29, 1.82) is 0 Å². The molecular formula is C29H50NO4+. The van der Waals surface area contributed by atoms with Gasteiger partial charge in [-0.05, 0) is 18.6 Å². The van der Waals surface area contributed by atoms with Gasteiger partial charge in [-0.3, -0.25) is 4.79 Å². The van der Waals surface area contributed by atoms with E-state index >= 15 is 0 Å². The molecule has 1 aromatic rings. The summed E-state index contributed by atoms with van der Waals surface area (Å²) in [4.78, 5) is 24.0. The van der Waals surface area contributed by atoms with Crippen molar-refractivity contribution in [3.05, 3.63) is 35.9 Å². The van der Waals surface area contributed by atoms with Gasteiger partial charge in [0.05, 0.1) is 19.7 Å². The van der Waals surface area contributed by atoms with E-state index in [4.69, 9.17) is 9.47 Å². The molecule has 1 rings (SSSR count). The first-order valence-corrected chi connectivity index (χ1v) is 13.6. The Morgan fingerprint density at radius 1 is 0.676 bits per heavy atom. The van der Waals surface area contributed by atoms with Gasteiger partial charge in [0.15, 0.2) is 0 Å². The van der Waals surface area contributed by atoms with Crippen LogP contribution in [-0.2, 0) is 14.3 Å². The molecule has 0 fully saturated rings. The van der Waals surface area contributed by atoms with E-state index < -0.39 is 0 Å². The summed E-state index contributed by atoms with van der Waals surface area (Å²) in [5.74, 6) is -0.400. The Bertz CT molecular complexity index is 645. The third kappa shape index (κ3) is 16.7. The molecule has 0 aliphatic carbocycles. The summed E-state index contributed by atoms with van der Waals surface area (Å²) in [6.07, 6.45) is 17.4. The van der Waals surface area contributed by atoms with Crippen LogP contribution in [0.3, 0.4) is 0 Å². The largest absolute Gasteiger partial charge is 0.460 e. The minimum absolute atomic E-state index is 0.0985. The van der Waals surface area contributed by atoms with Gasteiger partial charge in [0.1, 0.15) is 26.3 Å². The zero-order chi connectivity index (χ0) is 24.9. The molecule has 0 aliphatic heterocycles. The molecule has 0 radical (unpaired) electrons. The molecule has 5 nitrogen and oxygen atoms in total. The lowest BCUT2D eigenvalue weighted by molar-refractivity contribution is -0.890. The summed E-state index contributed by atoms with van der Waals surface area (Å²) >= 11 is 0. The highest BCUT2D eigenvalue weighted by atomic mass is 16.5. The van der Waals surface area contributed by atoms with Crippen LogP contribution < -0.4 is 0 Å². The lowest BCUT2D eigenvalue weighted by Gasteiger charge is -2.29. The highest BCUT2D eigenvalue weighted by molar-refractivity contribution is 5.89. The summed E-state index contributed by atoms with van der Waals surface area (Å²) in [6, 6.07) is 9.01. The second-order valence-corrected chi connectivity index (χ2v) is 10.1. The Morgan fingerprint density at radius 2 is 1.15 bits per heavy atom. The summed E-state index contributed by atoms with van der Waals surface area (Å²) < 4.78 is 11.4. The van der Waals surface area contributed by atoms with Crippen molar-refractivity contribution in [3.63, 3.8) is 0 Å². The monoisotopic (exact) mass is 476 g/mol. The van der Waals surface area contributed by atoms with E-state index in [1.165, 1.54) is 70.6 Å². The third-order valence-corrected chi connectivity index (χ3v) is 6.38. The molecule has 34 heavy (non-hydrogen) atoms. The third-order valence-electron chi connectivity index (χ3n) is 6.38. The molecule has 1 aromatic carbocycles. The van der Waals surface area contributed by atoms with Crippen LogP contribution in [0.5, 0.6) is 0 Å². The summed E-state index contributed by atoms with van der Waals surface area (Å²) in [5, 5.41) is 0. The van der Waals surface area contributed by atoms with E-state index in [-0.39, 0.29) is 11.9 Å². The van der Waals surface area contributed by atoms with Gasteiger partial charge in [-0.2, -0.15) is 0 Å². The van der Waals surface area contributed by atoms with E-state index in [0.717, 1.165) is 12.8 Å². The van der Waals surface area contributed by atoms with Crippen molar-refractivity contribution in [2.75, 3.05) is 40.4 Å². The van der Waals surface area contributed by atoms with Crippen LogP contribution in [-0.4, -0.2) is 56.8 Å². The molecule has 0 atom stereocenters. The first kappa shape index (κ1) is 30.2. The number of carbonyl (C=O) groups excluding carboxylic acids is 2. The molecule has 0 aliphatic rings. The SMILES string of the molecule is CCCCCCCCCCCCCCCC(=O)OCC[N+](C)(C)CCOC(=O)c1ccccc1. The zero-order valence-electron chi connectivity index (χ0n) is 22.2. The number of ether oxygens (including phenoxy) is 2. The van der Waals surface area contributed by atoms with E-state index in [9.17, 15) is 9.59 Å². The first-order valence-electron chi connectivity index (χ1n) is 13.6. The topological polar surface area (TPSA) is 52.6 Å². The van der Waals surface area contributed by atoms with Crippen LogP contribution in [0.1, 0.15) is 107 Å². The number of likely N-dealkylation sites (N-methyl/N-ethyl adjacent to an activating group) is 1. The van der Waals surface area contributed by atoms with Crippen LogP contribution in [0.2, 0.25) is 0 Å². The number of quaternary nitrogens is 1. The van der Waals surface area contributed by atoms with Crippen molar-refractivity contribution in [3.8, 4) is 0 Å². The van der Waals surface area contributed by atoms with Gasteiger partial charge >= 0.3 is 11.9 Å². The van der Waals surface area contributed by atoms with Crippen LogP contribution >= 0.6 is 0 Å².